The van der Waals surface area contributed by atoms with Gasteiger partial charge in [0.1, 0.15) is 0 Å². The molecule has 1 fully saturated rings. The first kappa shape index (κ1) is 8.11. The second-order valence-corrected chi connectivity index (χ2v) is 2.76. The molecule has 0 spiro atoms. The third-order valence-electron chi connectivity index (χ3n) is 1.54. The van der Waals surface area contributed by atoms with Crippen molar-refractivity contribution in [2.24, 2.45) is 10.7 Å². The summed E-state index contributed by atoms with van der Waals surface area (Å²) >= 11 is 0. The minimum Gasteiger partial charge on any atom is -0.370 e. The Labute approximate surface area is 67.4 Å². The molecule has 1 aliphatic rings. The van der Waals surface area contributed by atoms with Crippen LogP contribution in [0.5, 0.6) is 0 Å². The molecule has 0 atom stereocenters. The number of nitrogens with zero attached hydrogens (tertiary/aromatic N) is 1. The van der Waals surface area contributed by atoms with Gasteiger partial charge in [0.2, 0.25) is 0 Å². The normalized spacial score (nSPS) is 18.0. The Kier molecular flexibility index (Phi) is 2.95. The fraction of sp³-hybridized carbons (Fsp3) is 0.625. The maximum absolute atomic E-state index is 5.56. The molecule has 0 saturated heterocycles. The average molecular weight is 153 g/mol. The van der Waals surface area contributed by atoms with E-state index in [0.717, 1.165) is 13.0 Å². The van der Waals surface area contributed by atoms with Gasteiger partial charge in [0.15, 0.2) is 5.96 Å². The zero-order chi connectivity index (χ0) is 8.10. The average Bonchev–Trinajstić information content (AvgIpc) is 2.72. The van der Waals surface area contributed by atoms with Crippen molar-refractivity contribution in [1.82, 2.24) is 5.32 Å². The molecule has 0 heterocycles. The molecule has 1 saturated carbocycles. The Morgan fingerprint density at radius 3 is 3.00 bits per heavy atom. The summed E-state index contributed by atoms with van der Waals surface area (Å²) in [5, 5.41) is 3.11. The van der Waals surface area contributed by atoms with Gasteiger partial charge >= 0.3 is 0 Å². The van der Waals surface area contributed by atoms with Crippen LogP contribution in [0.15, 0.2) is 17.6 Å². The highest BCUT2D eigenvalue weighted by molar-refractivity contribution is 5.78. The maximum Gasteiger partial charge on any atom is 0.188 e. The maximum atomic E-state index is 5.56. The van der Waals surface area contributed by atoms with Crippen LogP contribution in [0.4, 0.5) is 0 Å². The van der Waals surface area contributed by atoms with Gasteiger partial charge < -0.3 is 11.1 Å². The number of hydrogen-bond donors (Lipinski definition) is 2. The van der Waals surface area contributed by atoms with E-state index in [9.17, 15) is 0 Å². The number of hydrogen-bond acceptors (Lipinski definition) is 1. The summed E-state index contributed by atoms with van der Waals surface area (Å²) in [6, 6.07) is 0.600. The van der Waals surface area contributed by atoms with Crippen LogP contribution >= 0.6 is 0 Å². The van der Waals surface area contributed by atoms with Crippen molar-refractivity contribution in [3.8, 4) is 0 Å². The molecule has 0 aromatic heterocycles. The number of nitrogens with two attached hydrogens (primary N) is 1. The molecule has 3 N–H and O–H groups in total. The predicted molar refractivity (Wildman–Crippen MR) is 47.5 cm³/mol. The van der Waals surface area contributed by atoms with E-state index in [4.69, 9.17) is 5.73 Å². The number of aliphatic imine (C=N–C) groups is 1. The minimum atomic E-state index is 0.578. The summed E-state index contributed by atoms with van der Waals surface area (Å²) in [4.78, 5) is 4.11. The van der Waals surface area contributed by atoms with Crippen LogP contribution in [0.25, 0.3) is 0 Å². The molecule has 0 unspecified atom stereocenters. The van der Waals surface area contributed by atoms with E-state index in [0.29, 0.717) is 12.0 Å². The Bertz CT molecular complexity index is 159. The number of nitrogens with one attached hydrogen (secondary N) is 1. The van der Waals surface area contributed by atoms with E-state index in [1.165, 1.54) is 12.8 Å². The standard InChI is InChI=1S/C8H15N3/c1-2-3-6-10-8(9)11-7-4-5-7/h2,7H,1,3-6H2,(H3,9,10,11). The smallest absolute Gasteiger partial charge is 0.188 e. The molecule has 11 heavy (non-hydrogen) atoms. The lowest BCUT2D eigenvalue weighted by Crippen LogP contribution is -2.33. The van der Waals surface area contributed by atoms with Crippen molar-refractivity contribution in [1.29, 1.82) is 0 Å². The van der Waals surface area contributed by atoms with Crippen molar-refractivity contribution >= 4 is 5.96 Å². The van der Waals surface area contributed by atoms with E-state index in [-0.39, 0.29) is 0 Å². The minimum absolute atomic E-state index is 0.578. The van der Waals surface area contributed by atoms with Crippen LogP contribution in [0, 0.1) is 0 Å². The quantitative estimate of drug-likeness (QED) is 0.269. The molecule has 0 radical (unpaired) electrons. The fourth-order valence-electron chi connectivity index (χ4n) is 0.759. The lowest BCUT2D eigenvalue weighted by molar-refractivity contribution is 0.876. The molecule has 3 heteroatoms. The van der Waals surface area contributed by atoms with Gasteiger partial charge in [0.05, 0.1) is 0 Å². The van der Waals surface area contributed by atoms with Gasteiger partial charge in [-0.2, -0.15) is 0 Å². The van der Waals surface area contributed by atoms with Crippen molar-refractivity contribution in [2.45, 2.75) is 25.3 Å². The summed E-state index contributed by atoms with van der Waals surface area (Å²) < 4.78 is 0. The highest BCUT2D eigenvalue weighted by atomic mass is 15.1. The first-order valence-electron chi connectivity index (χ1n) is 4.00. The molecular formula is C8H15N3. The van der Waals surface area contributed by atoms with E-state index in [1.807, 2.05) is 6.08 Å². The SMILES string of the molecule is C=CCCN=C(N)NC1CC1. The van der Waals surface area contributed by atoms with Gasteiger partial charge in [-0.1, -0.05) is 6.08 Å². The first-order chi connectivity index (χ1) is 5.33. The molecule has 3 nitrogen and oxygen atoms in total. The van der Waals surface area contributed by atoms with Gasteiger partial charge in [-0.05, 0) is 19.3 Å². The van der Waals surface area contributed by atoms with E-state index in [1.54, 1.807) is 0 Å². The van der Waals surface area contributed by atoms with E-state index < -0.39 is 0 Å². The fourth-order valence-corrected chi connectivity index (χ4v) is 0.759. The number of rotatable bonds is 4. The zero-order valence-electron chi connectivity index (χ0n) is 6.71. The van der Waals surface area contributed by atoms with Crippen LogP contribution in [-0.4, -0.2) is 18.5 Å². The first-order valence-corrected chi connectivity index (χ1v) is 4.00. The summed E-state index contributed by atoms with van der Waals surface area (Å²) in [6.45, 7) is 4.35. The Balaban J connectivity index is 2.09. The Hall–Kier alpha value is -0.990. The molecule has 1 rings (SSSR count). The van der Waals surface area contributed by atoms with Gasteiger partial charge in [0, 0.05) is 12.6 Å². The van der Waals surface area contributed by atoms with E-state index in [2.05, 4.69) is 16.9 Å². The third kappa shape index (κ3) is 3.65. The lowest BCUT2D eigenvalue weighted by Gasteiger charge is -2.01. The summed E-state index contributed by atoms with van der Waals surface area (Å²) in [5.41, 5.74) is 5.56. The molecule has 0 aromatic carbocycles. The number of guanidine groups is 1. The van der Waals surface area contributed by atoms with Crippen LogP contribution in [0.1, 0.15) is 19.3 Å². The Morgan fingerprint density at radius 2 is 2.45 bits per heavy atom. The molecular weight excluding hydrogens is 138 g/mol. The molecule has 0 aliphatic heterocycles. The van der Waals surface area contributed by atoms with Crippen molar-refractivity contribution in [2.75, 3.05) is 6.54 Å². The van der Waals surface area contributed by atoms with Crippen LogP contribution in [0.2, 0.25) is 0 Å². The zero-order valence-corrected chi connectivity index (χ0v) is 6.71. The van der Waals surface area contributed by atoms with Crippen molar-refractivity contribution in [3.63, 3.8) is 0 Å². The van der Waals surface area contributed by atoms with Crippen LogP contribution in [-0.2, 0) is 0 Å². The molecule has 0 amide bonds. The molecule has 0 aromatic rings. The largest absolute Gasteiger partial charge is 0.370 e. The summed E-state index contributed by atoms with van der Waals surface area (Å²) in [5.74, 6) is 0.578. The molecule has 1 aliphatic carbocycles. The van der Waals surface area contributed by atoms with E-state index >= 15 is 0 Å². The van der Waals surface area contributed by atoms with Crippen molar-refractivity contribution < 1.29 is 0 Å². The van der Waals surface area contributed by atoms with Gasteiger partial charge in [0.25, 0.3) is 0 Å². The topological polar surface area (TPSA) is 50.4 Å². The lowest BCUT2D eigenvalue weighted by atomic mass is 10.4. The molecule has 62 valence electrons. The highest BCUT2D eigenvalue weighted by Crippen LogP contribution is 2.17. The Morgan fingerprint density at radius 1 is 1.73 bits per heavy atom. The van der Waals surface area contributed by atoms with Gasteiger partial charge in [-0.25, -0.2) is 0 Å². The van der Waals surface area contributed by atoms with Gasteiger partial charge in [-0.3, -0.25) is 4.99 Å². The van der Waals surface area contributed by atoms with Gasteiger partial charge in [-0.15, -0.1) is 6.58 Å². The summed E-state index contributed by atoms with van der Waals surface area (Å²) in [7, 11) is 0. The third-order valence-corrected chi connectivity index (χ3v) is 1.54. The summed E-state index contributed by atoms with van der Waals surface area (Å²) in [6.07, 6.45) is 5.20. The second-order valence-electron chi connectivity index (χ2n) is 2.76. The van der Waals surface area contributed by atoms with Crippen LogP contribution < -0.4 is 11.1 Å². The van der Waals surface area contributed by atoms with Crippen molar-refractivity contribution in [3.05, 3.63) is 12.7 Å². The second kappa shape index (κ2) is 4.01. The van der Waals surface area contributed by atoms with Crippen LogP contribution in [0.3, 0.4) is 0 Å². The predicted octanol–water partition coefficient (Wildman–Crippen LogP) is 0.629. The monoisotopic (exact) mass is 153 g/mol. The highest BCUT2D eigenvalue weighted by Gasteiger charge is 2.20. The molecule has 0 bridgehead atoms.